The van der Waals surface area contributed by atoms with E-state index in [1.807, 2.05) is 11.0 Å². The van der Waals surface area contributed by atoms with Crippen LogP contribution in [-0.4, -0.2) is 74.4 Å². The number of hydrogen-bond acceptors (Lipinski definition) is 4. The topological polar surface area (TPSA) is 48.0 Å². The molecule has 0 radical (unpaired) electrons. The Kier molecular flexibility index (Phi) is 6.87. The number of hydrogen-bond donors (Lipinski definition) is 1. The number of anilines is 1. The first-order valence-corrected chi connectivity index (χ1v) is 10.9. The summed E-state index contributed by atoms with van der Waals surface area (Å²) in [6.45, 7) is 9.29. The highest BCUT2D eigenvalue weighted by atomic mass is 16.5. The smallest absolute Gasteiger partial charge is 0.317 e. The maximum Gasteiger partial charge on any atom is 0.317 e. The van der Waals surface area contributed by atoms with E-state index in [1.54, 1.807) is 0 Å². The van der Waals surface area contributed by atoms with Crippen LogP contribution in [0.3, 0.4) is 0 Å². The molecular formula is C24H32N4O2. The first kappa shape index (κ1) is 20.7. The molecule has 2 heterocycles. The zero-order valence-corrected chi connectivity index (χ0v) is 17.8. The van der Waals surface area contributed by atoms with Crippen LogP contribution in [0.4, 0.5) is 10.5 Å². The Balaban J connectivity index is 1.20. The van der Waals surface area contributed by atoms with E-state index in [0.717, 1.165) is 45.8 Å². The maximum absolute atomic E-state index is 12.6. The van der Waals surface area contributed by atoms with Gasteiger partial charge in [-0.15, -0.1) is 0 Å². The number of carbonyl (C=O) groups is 1. The molecule has 2 amide bonds. The molecule has 0 spiro atoms. The number of ether oxygens (including phenoxy) is 1. The van der Waals surface area contributed by atoms with Gasteiger partial charge in [-0.3, -0.25) is 4.90 Å². The molecule has 6 heteroatoms. The second-order valence-corrected chi connectivity index (χ2v) is 8.21. The van der Waals surface area contributed by atoms with Gasteiger partial charge in [-0.1, -0.05) is 42.5 Å². The lowest BCUT2D eigenvalue weighted by atomic mass is 10.2. The van der Waals surface area contributed by atoms with Crippen molar-refractivity contribution in [3.05, 3.63) is 65.7 Å². The predicted molar refractivity (Wildman–Crippen MR) is 120 cm³/mol. The molecule has 2 aromatic carbocycles. The number of morpholine rings is 1. The van der Waals surface area contributed by atoms with E-state index in [2.05, 4.69) is 70.6 Å². The van der Waals surface area contributed by atoms with Gasteiger partial charge in [0.05, 0.1) is 12.7 Å². The van der Waals surface area contributed by atoms with Gasteiger partial charge in [0, 0.05) is 58.0 Å². The van der Waals surface area contributed by atoms with Crippen LogP contribution in [0.2, 0.25) is 0 Å². The molecule has 1 N–H and O–H groups in total. The van der Waals surface area contributed by atoms with E-state index in [4.69, 9.17) is 4.74 Å². The van der Waals surface area contributed by atoms with Crippen LogP contribution < -0.4 is 10.2 Å². The minimum atomic E-state index is 0.0164. The molecule has 2 aromatic rings. The lowest BCUT2D eigenvalue weighted by Crippen LogP contribution is -2.54. The van der Waals surface area contributed by atoms with E-state index < -0.39 is 0 Å². The van der Waals surface area contributed by atoms with E-state index in [1.165, 1.54) is 16.8 Å². The third-order valence-corrected chi connectivity index (χ3v) is 5.89. The van der Waals surface area contributed by atoms with Crippen molar-refractivity contribution in [1.29, 1.82) is 0 Å². The van der Waals surface area contributed by atoms with Crippen molar-refractivity contribution >= 4 is 11.7 Å². The number of nitrogens with one attached hydrogen (secondary N) is 1. The number of aryl methyl sites for hydroxylation is 1. The quantitative estimate of drug-likeness (QED) is 0.827. The van der Waals surface area contributed by atoms with E-state index in [-0.39, 0.29) is 12.1 Å². The third-order valence-electron chi connectivity index (χ3n) is 5.89. The molecule has 1 unspecified atom stereocenters. The number of carbonyl (C=O) groups excluding carboxylic acids is 1. The summed E-state index contributed by atoms with van der Waals surface area (Å²) < 4.78 is 5.89. The van der Waals surface area contributed by atoms with Gasteiger partial charge in [0.15, 0.2) is 0 Å². The molecule has 0 saturated carbocycles. The van der Waals surface area contributed by atoms with Gasteiger partial charge in [0.2, 0.25) is 0 Å². The number of amides is 2. The molecule has 2 saturated heterocycles. The Morgan fingerprint density at radius 1 is 1.03 bits per heavy atom. The Bertz CT molecular complexity index is 821. The van der Waals surface area contributed by atoms with Gasteiger partial charge < -0.3 is 19.9 Å². The third kappa shape index (κ3) is 5.52. The summed E-state index contributed by atoms with van der Waals surface area (Å²) in [6.07, 6.45) is 0.0417. The lowest BCUT2D eigenvalue weighted by molar-refractivity contribution is -0.0291. The van der Waals surface area contributed by atoms with Gasteiger partial charge in [-0.2, -0.15) is 0 Å². The van der Waals surface area contributed by atoms with Crippen molar-refractivity contribution in [3.8, 4) is 0 Å². The van der Waals surface area contributed by atoms with E-state index in [9.17, 15) is 4.79 Å². The van der Waals surface area contributed by atoms with Crippen LogP contribution >= 0.6 is 0 Å². The van der Waals surface area contributed by atoms with Crippen LogP contribution in [-0.2, 0) is 11.3 Å². The fraction of sp³-hybridized carbons (Fsp3) is 0.458. The standard InChI is InChI=1S/C24H32N4O2/c1-20-6-5-9-22(16-20)27-10-12-28(13-11-27)24(29)25-17-23-19-26(14-15-30-23)18-21-7-3-2-4-8-21/h2-9,16,23H,10-15,17-19H2,1H3,(H,25,29). The van der Waals surface area contributed by atoms with Crippen molar-refractivity contribution < 1.29 is 9.53 Å². The fourth-order valence-corrected chi connectivity index (χ4v) is 4.19. The molecule has 2 fully saturated rings. The summed E-state index contributed by atoms with van der Waals surface area (Å²) in [6, 6.07) is 19.1. The molecule has 2 aliphatic heterocycles. The lowest BCUT2D eigenvalue weighted by Gasteiger charge is -2.37. The molecule has 0 aliphatic carbocycles. The average molecular weight is 409 g/mol. The number of urea groups is 1. The Hall–Kier alpha value is -2.57. The van der Waals surface area contributed by atoms with Crippen LogP contribution in [0.25, 0.3) is 0 Å². The minimum Gasteiger partial charge on any atom is -0.374 e. The summed E-state index contributed by atoms with van der Waals surface area (Å²) >= 11 is 0. The molecule has 30 heavy (non-hydrogen) atoms. The Morgan fingerprint density at radius 3 is 2.60 bits per heavy atom. The average Bonchev–Trinajstić information content (AvgIpc) is 2.78. The summed E-state index contributed by atoms with van der Waals surface area (Å²) in [5, 5.41) is 3.09. The Morgan fingerprint density at radius 2 is 1.83 bits per heavy atom. The molecule has 4 rings (SSSR count). The van der Waals surface area contributed by atoms with Crippen LogP contribution in [0.1, 0.15) is 11.1 Å². The minimum absolute atomic E-state index is 0.0164. The summed E-state index contributed by atoms with van der Waals surface area (Å²) in [5.41, 5.74) is 3.82. The van der Waals surface area contributed by atoms with Gasteiger partial charge in [-0.25, -0.2) is 4.79 Å². The van der Waals surface area contributed by atoms with Crippen LogP contribution in [0.5, 0.6) is 0 Å². The van der Waals surface area contributed by atoms with Gasteiger partial charge in [0.25, 0.3) is 0 Å². The van der Waals surface area contributed by atoms with E-state index >= 15 is 0 Å². The fourth-order valence-electron chi connectivity index (χ4n) is 4.19. The van der Waals surface area contributed by atoms with E-state index in [0.29, 0.717) is 13.2 Å². The Labute approximate surface area is 179 Å². The van der Waals surface area contributed by atoms with Crippen molar-refractivity contribution in [2.45, 2.75) is 19.6 Å². The second kappa shape index (κ2) is 9.96. The second-order valence-electron chi connectivity index (χ2n) is 8.21. The maximum atomic E-state index is 12.6. The number of piperazine rings is 1. The highest BCUT2D eigenvalue weighted by Crippen LogP contribution is 2.18. The van der Waals surface area contributed by atoms with Crippen LogP contribution in [0.15, 0.2) is 54.6 Å². The molecule has 0 aromatic heterocycles. The first-order chi connectivity index (χ1) is 14.7. The normalized spacial score (nSPS) is 20.2. The largest absolute Gasteiger partial charge is 0.374 e. The summed E-state index contributed by atoms with van der Waals surface area (Å²) in [4.78, 5) is 19.3. The molecule has 160 valence electrons. The highest BCUT2D eigenvalue weighted by molar-refractivity contribution is 5.74. The van der Waals surface area contributed by atoms with Gasteiger partial charge in [-0.05, 0) is 30.2 Å². The zero-order chi connectivity index (χ0) is 20.8. The predicted octanol–water partition coefficient (Wildman–Crippen LogP) is 2.73. The number of benzene rings is 2. The van der Waals surface area contributed by atoms with Crippen molar-refractivity contribution in [2.24, 2.45) is 0 Å². The molecule has 6 nitrogen and oxygen atoms in total. The molecular weight excluding hydrogens is 376 g/mol. The molecule has 1 atom stereocenters. The van der Waals surface area contributed by atoms with Crippen LogP contribution in [0, 0.1) is 6.92 Å². The molecule has 0 bridgehead atoms. The van der Waals surface area contributed by atoms with Crippen molar-refractivity contribution in [2.75, 3.05) is 57.3 Å². The number of nitrogens with zero attached hydrogens (tertiary/aromatic N) is 3. The SMILES string of the molecule is Cc1cccc(N2CCN(C(=O)NCC3CN(Cc4ccccc4)CCO3)CC2)c1. The first-order valence-electron chi connectivity index (χ1n) is 10.9. The molecule has 2 aliphatic rings. The zero-order valence-electron chi connectivity index (χ0n) is 17.8. The van der Waals surface area contributed by atoms with Gasteiger partial charge >= 0.3 is 6.03 Å². The van der Waals surface area contributed by atoms with Crippen molar-refractivity contribution in [1.82, 2.24) is 15.1 Å². The monoisotopic (exact) mass is 408 g/mol. The highest BCUT2D eigenvalue weighted by Gasteiger charge is 2.24. The summed E-state index contributed by atoms with van der Waals surface area (Å²) in [7, 11) is 0. The number of rotatable bonds is 5. The van der Waals surface area contributed by atoms with Gasteiger partial charge in [0.1, 0.15) is 0 Å². The summed E-state index contributed by atoms with van der Waals surface area (Å²) in [5.74, 6) is 0. The van der Waals surface area contributed by atoms with Crippen molar-refractivity contribution in [3.63, 3.8) is 0 Å².